The molecule has 2 heterocycles. The molecule has 0 saturated heterocycles. The topological polar surface area (TPSA) is 99.0 Å². The highest BCUT2D eigenvalue weighted by Gasteiger charge is 2.15. The van der Waals surface area contributed by atoms with E-state index in [4.69, 9.17) is 10.3 Å². The molecule has 0 aliphatic rings. The van der Waals surface area contributed by atoms with Gasteiger partial charge < -0.3 is 15.6 Å². The molecule has 2 aromatic carbocycles. The van der Waals surface area contributed by atoms with Crippen LogP contribution in [-0.2, 0) is 4.79 Å². The zero-order chi connectivity index (χ0) is 21.8. The van der Waals surface area contributed by atoms with E-state index in [1.54, 1.807) is 23.9 Å². The summed E-state index contributed by atoms with van der Waals surface area (Å²) < 4.78 is 6.60. The molecule has 0 bridgehead atoms. The Labute approximate surface area is 188 Å². The van der Waals surface area contributed by atoms with Crippen molar-refractivity contribution in [3.63, 3.8) is 0 Å². The zero-order valence-electron chi connectivity index (χ0n) is 17.0. The summed E-state index contributed by atoms with van der Waals surface area (Å²) >= 11 is 2.92. The lowest BCUT2D eigenvalue weighted by molar-refractivity contribution is -0.113. The molecule has 0 fully saturated rings. The minimum Gasteiger partial charge on any atom is -0.461 e. The number of hydrogen-bond acceptors (Lipinski definition) is 7. The smallest absolute Gasteiger partial charge is 0.234 e. The van der Waals surface area contributed by atoms with Crippen LogP contribution in [-0.4, -0.2) is 26.5 Å². The Morgan fingerprint density at radius 3 is 2.68 bits per heavy atom. The van der Waals surface area contributed by atoms with Gasteiger partial charge in [0.1, 0.15) is 0 Å². The number of furan rings is 1. The maximum absolute atomic E-state index is 12.3. The normalized spacial score (nSPS) is 10.9. The number of hydrogen-bond donors (Lipinski definition) is 2. The van der Waals surface area contributed by atoms with E-state index in [1.807, 2.05) is 24.3 Å². The zero-order valence-corrected chi connectivity index (χ0v) is 18.7. The second-order valence-corrected chi connectivity index (χ2v) is 8.94. The number of benzene rings is 2. The number of carbonyl (C=O) groups is 1. The number of aromatic nitrogens is 3. The van der Waals surface area contributed by atoms with E-state index in [2.05, 4.69) is 47.6 Å². The standard InChI is InChI=1S/C22H21N5O2S2/c1-14-5-6-15(2)19(12-14)31-17-9-7-16(8-10-17)24-20(28)13-30-22-26-25-21(27(22)23)18-4-3-11-29-18/h3-12H,13,23H2,1-2H3,(H,24,28). The molecule has 7 nitrogen and oxygen atoms in total. The molecule has 1 amide bonds. The molecule has 31 heavy (non-hydrogen) atoms. The van der Waals surface area contributed by atoms with E-state index in [1.165, 1.54) is 38.7 Å². The Balaban J connectivity index is 1.32. The van der Waals surface area contributed by atoms with Crippen molar-refractivity contribution in [1.82, 2.24) is 14.9 Å². The largest absolute Gasteiger partial charge is 0.461 e. The molecular weight excluding hydrogens is 430 g/mol. The van der Waals surface area contributed by atoms with Crippen molar-refractivity contribution in [3.05, 3.63) is 72.0 Å². The Hall–Kier alpha value is -3.17. The van der Waals surface area contributed by atoms with Crippen LogP contribution < -0.4 is 11.2 Å². The van der Waals surface area contributed by atoms with Crippen molar-refractivity contribution in [2.75, 3.05) is 16.9 Å². The number of nitrogens with one attached hydrogen (secondary N) is 1. The lowest BCUT2D eigenvalue weighted by atomic mass is 10.2. The Bertz CT molecular complexity index is 1190. The van der Waals surface area contributed by atoms with Crippen LogP contribution in [0.15, 0.2) is 80.2 Å². The van der Waals surface area contributed by atoms with Crippen LogP contribution in [0.3, 0.4) is 0 Å². The fourth-order valence-corrected chi connectivity index (χ4v) is 4.48. The van der Waals surface area contributed by atoms with Gasteiger partial charge in [-0.25, -0.2) is 4.68 Å². The average molecular weight is 452 g/mol. The van der Waals surface area contributed by atoms with Crippen LogP contribution in [0.2, 0.25) is 0 Å². The quantitative estimate of drug-likeness (QED) is 0.309. The van der Waals surface area contributed by atoms with E-state index >= 15 is 0 Å². The molecule has 158 valence electrons. The number of thioether (sulfide) groups is 1. The van der Waals surface area contributed by atoms with Crippen molar-refractivity contribution in [2.45, 2.75) is 28.8 Å². The van der Waals surface area contributed by atoms with Crippen molar-refractivity contribution < 1.29 is 9.21 Å². The lowest BCUT2D eigenvalue weighted by Crippen LogP contribution is -2.16. The number of nitrogens with zero attached hydrogens (tertiary/aromatic N) is 3. The van der Waals surface area contributed by atoms with E-state index < -0.39 is 0 Å². The highest BCUT2D eigenvalue weighted by Crippen LogP contribution is 2.31. The second-order valence-electron chi connectivity index (χ2n) is 6.89. The molecule has 0 aliphatic heterocycles. The maximum Gasteiger partial charge on any atom is 0.234 e. The first-order chi connectivity index (χ1) is 15.0. The van der Waals surface area contributed by atoms with Gasteiger partial charge >= 0.3 is 0 Å². The fraction of sp³-hybridized carbons (Fsp3) is 0.136. The summed E-state index contributed by atoms with van der Waals surface area (Å²) in [5, 5.41) is 11.4. The van der Waals surface area contributed by atoms with Crippen LogP contribution in [0.5, 0.6) is 0 Å². The summed E-state index contributed by atoms with van der Waals surface area (Å²) in [6.07, 6.45) is 1.54. The lowest BCUT2D eigenvalue weighted by Gasteiger charge is -2.09. The van der Waals surface area contributed by atoms with Crippen LogP contribution >= 0.6 is 23.5 Å². The van der Waals surface area contributed by atoms with Gasteiger partial charge in [0, 0.05) is 15.5 Å². The molecule has 2 aromatic heterocycles. The summed E-state index contributed by atoms with van der Waals surface area (Å²) in [6, 6.07) is 17.7. The molecule has 0 atom stereocenters. The van der Waals surface area contributed by atoms with Gasteiger partial charge in [0.2, 0.25) is 16.9 Å². The van der Waals surface area contributed by atoms with E-state index in [0.717, 1.165) is 10.6 Å². The van der Waals surface area contributed by atoms with Crippen molar-refractivity contribution in [3.8, 4) is 11.6 Å². The molecule has 0 aliphatic carbocycles. The van der Waals surface area contributed by atoms with Crippen LogP contribution in [0.4, 0.5) is 5.69 Å². The highest BCUT2D eigenvalue weighted by atomic mass is 32.2. The monoisotopic (exact) mass is 451 g/mol. The van der Waals surface area contributed by atoms with Crippen LogP contribution in [0, 0.1) is 13.8 Å². The highest BCUT2D eigenvalue weighted by molar-refractivity contribution is 7.99. The summed E-state index contributed by atoms with van der Waals surface area (Å²) in [5.41, 5.74) is 3.22. The fourth-order valence-electron chi connectivity index (χ4n) is 2.83. The summed E-state index contributed by atoms with van der Waals surface area (Å²) in [7, 11) is 0. The third kappa shape index (κ3) is 5.12. The Morgan fingerprint density at radius 1 is 1.13 bits per heavy atom. The molecule has 4 aromatic rings. The maximum atomic E-state index is 12.3. The molecule has 0 unspecified atom stereocenters. The summed E-state index contributed by atoms with van der Waals surface area (Å²) in [5.74, 6) is 6.94. The SMILES string of the molecule is Cc1ccc(C)c(Sc2ccc(NC(=O)CSc3nnc(-c4ccco4)n3N)cc2)c1. The second kappa shape index (κ2) is 9.32. The number of carbonyl (C=O) groups excluding carboxylic acids is 1. The van der Waals surface area contributed by atoms with Gasteiger partial charge in [-0.2, -0.15) is 0 Å². The predicted molar refractivity (Wildman–Crippen MR) is 124 cm³/mol. The summed E-state index contributed by atoms with van der Waals surface area (Å²) in [6.45, 7) is 4.19. The van der Waals surface area contributed by atoms with Gasteiger partial charge in [0.15, 0.2) is 5.76 Å². The third-order valence-electron chi connectivity index (χ3n) is 4.45. The third-order valence-corrected chi connectivity index (χ3v) is 6.56. The minimum absolute atomic E-state index is 0.150. The molecule has 4 rings (SSSR count). The predicted octanol–water partition coefficient (Wildman–Crippen LogP) is 4.75. The molecule has 0 radical (unpaired) electrons. The Kier molecular flexibility index (Phi) is 6.34. The van der Waals surface area contributed by atoms with Crippen LogP contribution in [0.25, 0.3) is 11.6 Å². The van der Waals surface area contributed by atoms with Gasteiger partial charge in [-0.3, -0.25) is 4.79 Å². The first kappa shape index (κ1) is 21.1. The van der Waals surface area contributed by atoms with Crippen molar-refractivity contribution >= 4 is 35.1 Å². The number of nitrogen functional groups attached to an aromatic ring is 1. The number of aryl methyl sites for hydroxylation is 2. The van der Waals surface area contributed by atoms with Gasteiger partial charge in [-0.15, -0.1) is 10.2 Å². The molecule has 0 spiro atoms. The summed E-state index contributed by atoms with van der Waals surface area (Å²) in [4.78, 5) is 14.7. The number of rotatable bonds is 7. The first-order valence-corrected chi connectivity index (χ1v) is 11.3. The number of amides is 1. The van der Waals surface area contributed by atoms with E-state index in [9.17, 15) is 4.79 Å². The van der Waals surface area contributed by atoms with E-state index in [-0.39, 0.29) is 11.7 Å². The molecule has 0 saturated carbocycles. The van der Waals surface area contributed by atoms with Crippen LogP contribution in [0.1, 0.15) is 11.1 Å². The average Bonchev–Trinajstić information content (AvgIpc) is 3.40. The Morgan fingerprint density at radius 2 is 1.94 bits per heavy atom. The molecule has 3 N–H and O–H groups in total. The van der Waals surface area contributed by atoms with Gasteiger partial charge in [-0.05, 0) is 67.4 Å². The number of anilines is 1. The molecule has 9 heteroatoms. The number of nitrogens with two attached hydrogens (primary N) is 1. The first-order valence-electron chi connectivity index (χ1n) is 9.52. The van der Waals surface area contributed by atoms with E-state index in [0.29, 0.717) is 16.7 Å². The minimum atomic E-state index is -0.150. The van der Waals surface area contributed by atoms with Gasteiger partial charge in [0.25, 0.3) is 0 Å². The molecular formula is C22H21N5O2S2. The van der Waals surface area contributed by atoms with Crippen molar-refractivity contribution in [1.29, 1.82) is 0 Å². The van der Waals surface area contributed by atoms with Gasteiger partial charge in [-0.1, -0.05) is 35.7 Å². The van der Waals surface area contributed by atoms with Crippen molar-refractivity contribution in [2.24, 2.45) is 0 Å². The van der Waals surface area contributed by atoms with Gasteiger partial charge in [0.05, 0.1) is 12.0 Å².